The van der Waals surface area contributed by atoms with Crippen molar-refractivity contribution < 1.29 is 52.6 Å². The summed E-state index contributed by atoms with van der Waals surface area (Å²) in [6.45, 7) is 17.8. The van der Waals surface area contributed by atoms with Crippen molar-refractivity contribution in [1.82, 2.24) is 5.32 Å². The molecule has 0 aromatic carbocycles. The summed E-state index contributed by atoms with van der Waals surface area (Å²) in [4.78, 5) is 25.5. The number of aliphatic hydroxyl groups is 1. The number of carbonyl (C=O) groups is 2. The number of carbonyl (C=O) groups excluding carboxylic acids is 2. The monoisotopic (exact) mass is 981 g/mol. The molecular weight excluding hydrogens is 877 g/mol. The van der Waals surface area contributed by atoms with Crippen LogP contribution in [0.1, 0.15) is 235 Å². The van der Waals surface area contributed by atoms with E-state index in [1.807, 2.05) is 40.7 Å². The number of amides is 1. The first-order chi connectivity index (χ1) is 33.5. The van der Waals surface area contributed by atoms with Gasteiger partial charge in [0.15, 0.2) is 5.79 Å². The quantitative estimate of drug-likeness (QED) is 0.0305. The first-order valence-electron chi connectivity index (χ1n) is 28.1. The summed E-state index contributed by atoms with van der Waals surface area (Å²) in [7, 11) is 0. The van der Waals surface area contributed by atoms with Gasteiger partial charge in [-0.05, 0) is 53.4 Å². The molecular formula is C56H104N2O11. The highest BCUT2D eigenvalue weighted by atomic mass is 16.8. The van der Waals surface area contributed by atoms with E-state index in [2.05, 4.69) is 26.1 Å². The number of ether oxygens (including phenoxy) is 8. The summed E-state index contributed by atoms with van der Waals surface area (Å²) in [6.07, 6.45) is 33.7. The van der Waals surface area contributed by atoms with E-state index in [-0.39, 0.29) is 36.4 Å². The van der Waals surface area contributed by atoms with Gasteiger partial charge in [-0.2, -0.15) is 0 Å². The summed E-state index contributed by atoms with van der Waals surface area (Å²) < 4.78 is 47.7. The molecule has 13 heteroatoms. The fraction of sp³-hybridized carbons (Fsp3) is 0.893. The lowest BCUT2D eigenvalue weighted by Crippen LogP contribution is -2.67. The van der Waals surface area contributed by atoms with Gasteiger partial charge >= 0.3 is 0 Å². The standard InChI is InChI=1S/C34H63NO6.C22H41NO5/c1-5-9-11-13-15-17-18-20-22-24-28(36)27-30(37)35-31-33(39-26-23-21-19-16-14-12-10-6-2)32(38)29(8-4)41-34(31)40-25-7-3;1-5-7-8-9-10-11-12-13-15-24-20-18(23)21(25-14-6-2)27-17-16-26-22(3,4)28-19(17)20/h7,25,29,31-34,38H,5-6,8-24,26-27H2,1-4H3,(H,35,37);6,14,17-21H,5,7-13,15-16,23H2,1-4H3/b25-7-;14-6-/t;17?,18-,19?,20?,21+/m.1/s1. The van der Waals surface area contributed by atoms with Crippen LogP contribution in [0.15, 0.2) is 24.7 Å². The van der Waals surface area contributed by atoms with Crippen LogP contribution in [0.4, 0.5) is 0 Å². The van der Waals surface area contributed by atoms with Gasteiger partial charge in [0.2, 0.25) is 18.5 Å². The molecule has 404 valence electrons. The molecule has 0 spiro atoms. The highest BCUT2D eigenvalue weighted by Gasteiger charge is 2.51. The average molecular weight is 981 g/mol. The third-order valence-corrected chi connectivity index (χ3v) is 13.3. The maximum absolute atomic E-state index is 12.9. The van der Waals surface area contributed by atoms with E-state index < -0.39 is 48.8 Å². The van der Waals surface area contributed by atoms with E-state index in [0.29, 0.717) is 32.7 Å². The van der Waals surface area contributed by atoms with Gasteiger partial charge in [-0.25, -0.2) is 0 Å². The molecule has 3 fully saturated rings. The summed E-state index contributed by atoms with van der Waals surface area (Å²) in [6, 6.07) is -1.13. The van der Waals surface area contributed by atoms with Crippen LogP contribution in [0.5, 0.6) is 0 Å². The van der Waals surface area contributed by atoms with Crippen molar-refractivity contribution >= 4 is 11.7 Å². The van der Waals surface area contributed by atoms with Crippen LogP contribution in [-0.4, -0.2) is 104 Å². The van der Waals surface area contributed by atoms with E-state index in [0.717, 1.165) is 38.5 Å². The first kappa shape index (κ1) is 63.0. The number of allylic oxidation sites excluding steroid dienone is 2. The molecule has 0 bridgehead atoms. The number of hydrogen-bond donors (Lipinski definition) is 3. The smallest absolute Gasteiger partial charge is 0.227 e. The predicted octanol–water partition coefficient (Wildman–Crippen LogP) is 12.2. The molecule has 0 radical (unpaired) electrons. The minimum absolute atomic E-state index is 0.0588. The third kappa shape index (κ3) is 27.0. The molecule has 3 aliphatic rings. The Morgan fingerprint density at radius 2 is 1.12 bits per heavy atom. The topological polar surface area (TPSA) is 166 Å². The number of ketones is 1. The van der Waals surface area contributed by atoms with E-state index in [4.69, 9.17) is 43.6 Å². The molecule has 0 aromatic heterocycles. The Balaban J connectivity index is 0.000000507. The molecule has 0 aliphatic carbocycles. The normalized spacial score (nSPS) is 26.6. The van der Waals surface area contributed by atoms with Crippen molar-refractivity contribution in [3.05, 3.63) is 24.7 Å². The SMILES string of the molecule is C/C=C\OC1OC(CC)C(O)C(OCCCCCCCCCC)C1NC(=O)CC(=O)CCCCCCCCCCC.C/C=C\O[C@H]1OC2COC(C)(C)OC2C(OCCCCCCCCCC)[C@H]1N. The molecule has 8 unspecified atom stereocenters. The predicted molar refractivity (Wildman–Crippen MR) is 276 cm³/mol. The van der Waals surface area contributed by atoms with Gasteiger partial charge in [-0.15, -0.1) is 0 Å². The van der Waals surface area contributed by atoms with Crippen LogP contribution in [0.3, 0.4) is 0 Å². The highest BCUT2D eigenvalue weighted by molar-refractivity contribution is 5.98. The van der Waals surface area contributed by atoms with E-state index >= 15 is 0 Å². The maximum atomic E-state index is 12.9. The van der Waals surface area contributed by atoms with Crippen LogP contribution >= 0.6 is 0 Å². The molecule has 13 nitrogen and oxygen atoms in total. The second kappa shape index (κ2) is 39.4. The van der Waals surface area contributed by atoms with Crippen LogP contribution in [-0.2, 0) is 47.5 Å². The first-order valence-corrected chi connectivity index (χ1v) is 28.1. The maximum Gasteiger partial charge on any atom is 0.227 e. The Morgan fingerprint density at radius 1 is 0.652 bits per heavy atom. The summed E-state index contributed by atoms with van der Waals surface area (Å²) in [5.74, 6) is -1.10. The van der Waals surface area contributed by atoms with Crippen molar-refractivity contribution in [2.45, 2.75) is 302 Å². The van der Waals surface area contributed by atoms with Gasteiger partial charge in [-0.3, -0.25) is 9.59 Å². The lowest BCUT2D eigenvalue weighted by Gasteiger charge is -2.50. The second-order valence-electron chi connectivity index (χ2n) is 20.1. The lowest BCUT2D eigenvalue weighted by atomic mass is 9.94. The number of unbranched alkanes of at least 4 members (excludes halogenated alkanes) is 22. The van der Waals surface area contributed by atoms with Crippen molar-refractivity contribution in [2.24, 2.45) is 5.73 Å². The van der Waals surface area contributed by atoms with Crippen LogP contribution < -0.4 is 11.1 Å². The minimum Gasteiger partial charge on any atom is -0.471 e. The van der Waals surface area contributed by atoms with Gasteiger partial charge in [0.1, 0.15) is 42.3 Å². The van der Waals surface area contributed by atoms with Gasteiger partial charge in [0.05, 0.1) is 37.7 Å². The fourth-order valence-corrected chi connectivity index (χ4v) is 9.26. The summed E-state index contributed by atoms with van der Waals surface area (Å²) in [5.41, 5.74) is 6.44. The number of hydrogen-bond acceptors (Lipinski definition) is 12. The van der Waals surface area contributed by atoms with Crippen molar-refractivity contribution in [3.63, 3.8) is 0 Å². The fourth-order valence-electron chi connectivity index (χ4n) is 9.26. The molecule has 0 saturated carbocycles. The Kier molecular flexibility index (Phi) is 36.0. The minimum atomic E-state index is -0.900. The molecule has 1 amide bonds. The number of nitrogens with two attached hydrogens (primary N) is 1. The van der Waals surface area contributed by atoms with E-state index in [1.165, 1.54) is 128 Å². The molecule has 3 saturated heterocycles. The van der Waals surface area contributed by atoms with Crippen LogP contribution in [0.25, 0.3) is 0 Å². The van der Waals surface area contributed by atoms with E-state index in [9.17, 15) is 14.7 Å². The molecule has 3 rings (SSSR count). The average Bonchev–Trinajstić information content (AvgIpc) is 3.33. The Hall–Kier alpha value is -2.10. The van der Waals surface area contributed by atoms with Gasteiger partial charge in [0, 0.05) is 19.6 Å². The van der Waals surface area contributed by atoms with Crippen LogP contribution in [0.2, 0.25) is 0 Å². The second-order valence-corrected chi connectivity index (χ2v) is 20.1. The molecule has 10 atom stereocenters. The molecule has 0 aromatic rings. The summed E-state index contributed by atoms with van der Waals surface area (Å²) in [5, 5.41) is 14.0. The van der Waals surface area contributed by atoms with E-state index in [1.54, 1.807) is 12.3 Å². The molecule has 4 N–H and O–H groups in total. The zero-order valence-electron chi connectivity index (χ0n) is 45.1. The molecule has 69 heavy (non-hydrogen) atoms. The van der Waals surface area contributed by atoms with Gasteiger partial charge in [-0.1, -0.05) is 181 Å². The summed E-state index contributed by atoms with van der Waals surface area (Å²) >= 11 is 0. The number of nitrogens with one attached hydrogen (secondary N) is 1. The van der Waals surface area contributed by atoms with Crippen molar-refractivity contribution in [1.29, 1.82) is 0 Å². The largest absolute Gasteiger partial charge is 0.471 e. The van der Waals surface area contributed by atoms with Crippen molar-refractivity contribution in [2.75, 3.05) is 19.8 Å². The van der Waals surface area contributed by atoms with Gasteiger partial charge in [0.25, 0.3) is 0 Å². The number of Topliss-reactive ketones (excluding diaryl/α,β-unsaturated/α-hetero) is 1. The van der Waals surface area contributed by atoms with Gasteiger partial charge < -0.3 is 54.1 Å². The zero-order valence-corrected chi connectivity index (χ0v) is 45.1. The highest BCUT2D eigenvalue weighted by Crippen LogP contribution is 2.34. The molecule has 3 aliphatic heterocycles. The van der Waals surface area contributed by atoms with Crippen molar-refractivity contribution in [3.8, 4) is 0 Å². The third-order valence-electron chi connectivity index (χ3n) is 13.3. The Bertz CT molecular complexity index is 1330. The number of rotatable bonds is 38. The Labute approximate surface area is 420 Å². The molecule has 3 heterocycles. The number of fused-ring (bicyclic) bond motifs is 1. The zero-order chi connectivity index (χ0) is 50.5. The van der Waals surface area contributed by atoms with Crippen LogP contribution in [0, 0.1) is 0 Å². The lowest BCUT2D eigenvalue weighted by molar-refractivity contribution is -0.366. The number of aliphatic hydroxyl groups excluding tert-OH is 1. The Morgan fingerprint density at radius 3 is 1.61 bits per heavy atom.